The second kappa shape index (κ2) is 49.8. The van der Waals surface area contributed by atoms with Gasteiger partial charge in [-0.1, -0.05) is 212 Å². The molecule has 0 unspecified atom stereocenters. The van der Waals surface area contributed by atoms with Crippen LogP contribution in [-0.2, 0) is 0 Å². The summed E-state index contributed by atoms with van der Waals surface area (Å²) in [7, 11) is 0. The zero-order valence-corrected chi connectivity index (χ0v) is 34.4. The summed E-state index contributed by atoms with van der Waals surface area (Å²) in [6.45, 7) is 0. The van der Waals surface area contributed by atoms with E-state index in [9.17, 15) is 0 Å². The topological polar surface area (TPSA) is 0 Å². The van der Waals surface area contributed by atoms with Crippen molar-refractivity contribution in [1.29, 1.82) is 0 Å². The molecule has 0 aliphatic heterocycles. The number of thiol groups is 4. The van der Waals surface area contributed by atoms with Gasteiger partial charge >= 0.3 is 0 Å². The maximum atomic E-state index is 4.26. The Labute approximate surface area is 309 Å². The van der Waals surface area contributed by atoms with Crippen LogP contribution in [0.25, 0.3) is 0 Å². The Bertz CT molecular complexity index is 419. The van der Waals surface area contributed by atoms with Crippen molar-refractivity contribution < 1.29 is 0 Å². The molecule has 0 N–H and O–H groups in total. The second-order valence-corrected chi connectivity index (χ2v) is 15.8. The monoisotopic (exact) mass is 707 g/mol. The third kappa shape index (κ3) is 52.4. The molecule has 0 bridgehead atoms. The summed E-state index contributed by atoms with van der Waals surface area (Å²) in [5.41, 5.74) is 0. The Hall–Kier alpha value is 1.40. The van der Waals surface area contributed by atoms with Gasteiger partial charge in [0.15, 0.2) is 0 Å². The van der Waals surface area contributed by atoms with E-state index >= 15 is 0 Å². The van der Waals surface area contributed by atoms with Gasteiger partial charge in [-0.15, -0.1) is 0 Å². The van der Waals surface area contributed by atoms with Gasteiger partial charge in [0.2, 0.25) is 0 Å². The van der Waals surface area contributed by atoms with Crippen molar-refractivity contribution in [1.82, 2.24) is 0 Å². The fraction of sp³-hybridized carbons (Fsp3) is 1.00. The van der Waals surface area contributed by atoms with Crippen LogP contribution >= 0.6 is 50.5 Å². The van der Waals surface area contributed by atoms with E-state index in [2.05, 4.69) is 50.5 Å². The van der Waals surface area contributed by atoms with E-state index in [0.29, 0.717) is 0 Å². The highest BCUT2D eigenvalue weighted by Gasteiger charge is 1.97. The van der Waals surface area contributed by atoms with Crippen molar-refractivity contribution >= 4 is 50.5 Å². The molecule has 0 aromatic carbocycles. The summed E-state index contributed by atoms with van der Waals surface area (Å²) in [5.74, 6) is 4.26. The predicted octanol–water partition coefficient (Wildman–Crippen LogP) is 16.1. The minimum absolute atomic E-state index is 1.07. The number of hydrogen-bond acceptors (Lipinski definition) is 4. The lowest BCUT2D eigenvalue weighted by molar-refractivity contribution is 0.525. The minimum Gasteiger partial charge on any atom is -0.179 e. The van der Waals surface area contributed by atoms with Crippen molar-refractivity contribution in [2.45, 2.75) is 238 Å². The van der Waals surface area contributed by atoms with E-state index in [4.69, 9.17) is 0 Å². The third-order valence-electron chi connectivity index (χ3n) is 9.38. The zero-order chi connectivity index (χ0) is 33.0. The molecule has 4 heteroatoms. The van der Waals surface area contributed by atoms with Crippen LogP contribution in [-0.4, -0.2) is 23.0 Å². The number of unbranched alkanes of at least 4 members (excludes halogenated alkanes) is 35. The first-order valence-corrected chi connectivity index (χ1v) is 23.3. The van der Waals surface area contributed by atoms with Crippen molar-refractivity contribution in [3.63, 3.8) is 0 Å². The van der Waals surface area contributed by atoms with E-state index in [0.717, 1.165) is 23.0 Å². The Morgan fingerprint density at radius 2 is 0.178 bits per heavy atom. The molecule has 0 spiro atoms. The van der Waals surface area contributed by atoms with Crippen LogP contribution in [0.1, 0.15) is 238 Å². The summed E-state index contributed by atoms with van der Waals surface area (Å²) in [6, 6.07) is 0. The summed E-state index contributed by atoms with van der Waals surface area (Å²) in [6.07, 6.45) is 53.1. The maximum Gasteiger partial charge on any atom is -0.00979 e. The summed E-state index contributed by atoms with van der Waals surface area (Å²) in [4.78, 5) is 0. The van der Waals surface area contributed by atoms with Crippen LogP contribution in [0, 0.1) is 0 Å². The molecular weight excluding hydrogens is 621 g/mol. The molecule has 0 heterocycles. The minimum atomic E-state index is 1.07. The van der Waals surface area contributed by atoms with E-state index in [1.807, 2.05) is 0 Å². The molecule has 45 heavy (non-hydrogen) atoms. The molecule has 0 aliphatic rings. The predicted molar refractivity (Wildman–Crippen MR) is 226 cm³/mol. The SMILES string of the molecule is SCCCCCCCCCCCCCCCCCCCCCS.SCCCCCCCCCCCCCCCCCCCCS. The van der Waals surface area contributed by atoms with E-state index in [-0.39, 0.29) is 0 Å². The molecule has 0 aliphatic carbocycles. The van der Waals surface area contributed by atoms with Gasteiger partial charge in [0, 0.05) is 0 Å². The second-order valence-electron chi connectivity index (χ2n) is 14.0. The van der Waals surface area contributed by atoms with E-state index in [1.165, 1.54) is 238 Å². The summed E-state index contributed by atoms with van der Waals surface area (Å²) in [5, 5.41) is 0. The van der Waals surface area contributed by atoms with Gasteiger partial charge in [-0.25, -0.2) is 0 Å². The van der Waals surface area contributed by atoms with E-state index < -0.39 is 0 Å². The van der Waals surface area contributed by atoms with Crippen molar-refractivity contribution in [2.24, 2.45) is 0 Å². The highest BCUT2D eigenvalue weighted by molar-refractivity contribution is 7.80. The molecule has 0 aromatic rings. The van der Waals surface area contributed by atoms with Crippen LogP contribution in [0.2, 0.25) is 0 Å². The van der Waals surface area contributed by atoms with Crippen LogP contribution in [0.15, 0.2) is 0 Å². The first kappa shape index (κ1) is 48.5. The Morgan fingerprint density at radius 3 is 0.244 bits per heavy atom. The van der Waals surface area contributed by atoms with Gasteiger partial charge in [0.1, 0.15) is 0 Å². The molecular formula is C41H86S4. The molecule has 0 fully saturated rings. The molecule has 0 nitrogen and oxygen atoms in total. The average molecular weight is 707 g/mol. The lowest BCUT2D eigenvalue weighted by atomic mass is 10.0. The first-order chi connectivity index (χ1) is 22.3. The average Bonchev–Trinajstić information content (AvgIpc) is 3.05. The maximum absolute atomic E-state index is 4.26. The van der Waals surface area contributed by atoms with Crippen LogP contribution < -0.4 is 0 Å². The quantitative estimate of drug-likeness (QED) is 0.0355. The lowest BCUT2D eigenvalue weighted by Crippen LogP contribution is -1.84. The van der Waals surface area contributed by atoms with Crippen LogP contribution in [0.3, 0.4) is 0 Å². The van der Waals surface area contributed by atoms with Gasteiger partial charge in [-0.3, -0.25) is 0 Å². The number of rotatable bonds is 39. The normalized spacial score (nSPS) is 11.2. The summed E-state index contributed by atoms with van der Waals surface area (Å²) < 4.78 is 0. The fourth-order valence-corrected chi connectivity index (χ4v) is 7.18. The van der Waals surface area contributed by atoms with Gasteiger partial charge < -0.3 is 0 Å². The fourth-order valence-electron chi connectivity index (χ4n) is 6.28. The smallest absolute Gasteiger partial charge is 0.00979 e. The van der Waals surface area contributed by atoms with Gasteiger partial charge in [0.25, 0.3) is 0 Å². The molecule has 0 saturated heterocycles. The number of hydrogen-bond donors (Lipinski definition) is 4. The van der Waals surface area contributed by atoms with Crippen molar-refractivity contribution in [2.75, 3.05) is 23.0 Å². The lowest BCUT2D eigenvalue weighted by Gasteiger charge is -2.03. The molecule has 0 aromatic heterocycles. The third-order valence-corrected chi connectivity index (χ3v) is 10.6. The largest absolute Gasteiger partial charge is 0.179 e. The Balaban J connectivity index is 0. The standard InChI is InChI=1S/C21H44S2.C20H42S2/c22-20-18-16-14-12-10-8-6-4-2-1-3-5-7-9-11-13-15-17-19-21-23;21-19-17-15-13-11-9-7-5-3-1-2-4-6-8-10-12-14-16-18-20-22/h22-23H,1-21H2;21-22H,1-20H2. The van der Waals surface area contributed by atoms with Crippen LogP contribution in [0.5, 0.6) is 0 Å². The zero-order valence-electron chi connectivity index (χ0n) is 30.8. The van der Waals surface area contributed by atoms with Crippen molar-refractivity contribution in [3.8, 4) is 0 Å². The Morgan fingerprint density at radius 1 is 0.111 bits per heavy atom. The highest BCUT2D eigenvalue weighted by Crippen LogP contribution is 2.16. The first-order valence-electron chi connectivity index (χ1n) is 20.8. The van der Waals surface area contributed by atoms with Gasteiger partial charge in [-0.2, -0.15) is 50.5 Å². The molecule has 0 atom stereocenters. The van der Waals surface area contributed by atoms with E-state index in [1.54, 1.807) is 0 Å². The summed E-state index contributed by atoms with van der Waals surface area (Å²) >= 11 is 17.0. The van der Waals surface area contributed by atoms with Gasteiger partial charge in [0.05, 0.1) is 0 Å². The van der Waals surface area contributed by atoms with Gasteiger partial charge in [-0.05, 0) is 48.7 Å². The Kier molecular flexibility index (Phi) is 53.7. The molecule has 0 rings (SSSR count). The molecule has 0 radical (unpaired) electrons. The highest BCUT2D eigenvalue weighted by atomic mass is 32.1. The molecule has 274 valence electrons. The van der Waals surface area contributed by atoms with Crippen LogP contribution in [0.4, 0.5) is 0 Å². The molecule has 0 amide bonds. The molecule has 0 saturated carbocycles. The van der Waals surface area contributed by atoms with Crippen molar-refractivity contribution in [3.05, 3.63) is 0 Å².